The molecule has 32 heavy (non-hydrogen) atoms. The molecular formula is C22H16Cl3MnN2O4. The number of phenolic OH excluding ortho intramolecular Hbond substituents is 4. The monoisotopic (exact) mass is 532 g/mol. The molecule has 0 aliphatic rings. The Kier molecular flexibility index (Phi) is 11.4. The summed E-state index contributed by atoms with van der Waals surface area (Å²) in [5, 5.41) is 39.7. The number of pyridine rings is 2. The molecule has 0 unspecified atom stereocenters. The van der Waals surface area contributed by atoms with Crippen LogP contribution in [0, 0.1) is 0 Å². The third-order valence-corrected chi connectivity index (χ3v) is 4.34. The van der Waals surface area contributed by atoms with Crippen molar-refractivity contribution >= 4 is 0 Å². The summed E-state index contributed by atoms with van der Waals surface area (Å²) in [5.74, 6) is -0.912. The van der Waals surface area contributed by atoms with Crippen LogP contribution < -0.4 is 37.2 Å². The van der Waals surface area contributed by atoms with Gasteiger partial charge in [0.2, 0.25) is 0 Å². The summed E-state index contributed by atoms with van der Waals surface area (Å²) in [4.78, 5) is 9.09. The molecular weight excluding hydrogens is 518 g/mol. The number of nitrogens with zero attached hydrogens (tertiary/aromatic N) is 2. The predicted octanol–water partition coefficient (Wildman–Crippen LogP) is -4.69. The molecule has 0 amide bonds. The maximum absolute atomic E-state index is 10.1. The van der Waals surface area contributed by atoms with Crippen LogP contribution in [0.1, 0.15) is 0 Å². The molecule has 4 N–H and O–H groups in total. The molecule has 166 valence electrons. The first kappa shape index (κ1) is 29.3. The molecule has 4 aromatic rings. The Balaban J connectivity index is 0.00000240. The summed E-state index contributed by atoms with van der Waals surface area (Å²) in [6, 6.07) is 19.9. The van der Waals surface area contributed by atoms with Gasteiger partial charge < -0.3 is 57.6 Å². The van der Waals surface area contributed by atoms with Gasteiger partial charge in [0.25, 0.3) is 0 Å². The van der Waals surface area contributed by atoms with Crippen molar-refractivity contribution in [3.05, 3.63) is 72.8 Å². The van der Waals surface area contributed by atoms with Crippen LogP contribution in [0.2, 0.25) is 0 Å². The molecule has 2 aromatic carbocycles. The van der Waals surface area contributed by atoms with Crippen molar-refractivity contribution in [2.45, 2.75) is 0 Å². The van der Waals surface area contributed by atoms with Gasteiger partial charge in [0.15, 0.2) is 23.0 Å². The second-order valence-electron chi connectivity index (χ2n) is 6.16. The van der Waals surface area contributed by atoms with Crippen molar-refractivity contribution in [3.63, 3.8) is 0 Å². The van der Waals surface area contributed by atoms with Crippen molar-refractivity contribution in [2.24, 2.45) is 0 Å². The quantitative estimate of drug-likeness (QED) is 0.156. The van der Waals surface area contributed by atoms with E-state index in [1.807, 2.05) is 0 Å². The largest absolute Gasteiger partial charge is 3.00 e. The number of aromatic hydroxyl groups is 4. The van der Waals surface area contributed by atoms with Crippen molar-refractivity contribution in [3.8, 4) is 56.9 Å². The molecule has 0 fully saturated rings. The van der Waals surface area contributed by atoms with Gasteiger partial charge in [-0.1, -0.05) is 24.3 Å². The number of halogens is 3. The number of phenols is 4. The molecule has 0 saturated heterocycles. The fourth-order valence-electron chi connectivity index (χ4n) is 2.93. The average molecular weight is 534 g/mol. The maximum atomic E-state index is 10.1. The molecule has 10 heteroatoms. The summed E-state index contributed by atoms with van der Waals surface area (Å²) < 4.78 is 0. The van der Waals surface area contributed by atoms with Crippen LogP contribution in [0.3, 0.4) is 0 Å². The Morgan fingerprint density at radius 2 is 0.750 bits per heavy atom. The van der Waals surface area contributed by atoms with E-state index in [0.717, 1.165) is 0 Å². The first-order chi connectivity index (χ1) is 13.5. The van der Waals surface area contributed by atoms with Gasteiger partial charge in [0.05, 0.1) is 22.8 Å². The van der Waals surface area contributed by atoms with Crippen LogP contribution >= 0.6 is 0 Å². The molecule has 2 heterocycles. The Labute approximate surface area is 213 Å². The van der Waals surface area contributed by atoms with Gasteiger partial charge in [0, 0.05) is 11.1 Å². The van der Waals surface area contributed by atoms with Crippen LogP contribution in [0.15, 0.2) is 72.8 Å². The first-order valence-corrected chi connectivity index (χ1v) is 8.51. The van der Waals surface area contributed by atoms with E-state index in [2.05, 4.69) is 9.97 Å². The van der Waals surface area contributed by atoms with E-state index >= 15 is 0 Å². The minimum absolute atomic E-state index is 0. The zero-order chi connectivity index (χ0) is 19.7. The molecule has 6 nitrogen and oxygen atoms in total. The predicted molar refractivity (Wildman–Crippen MR) is 105 cm³/mol. The van der Waals surface area contributed by atoms with Gasteiger partial charge >= 0.3 is 17.1 Å². The number of para-hydroxylation sites is 2. The molecule has 0 atom stereocenters. The van der Waals surface area contributed by atoms with Crippen LogP contribution in [-0.2, 0) is 17.1 Å². The Bertz CT molecular complexity index is 1100. The van der Waals surface area contributed by atoms with Gasteiger partial charge in [-0.2, -0.15) is 0 Å². The molecule has 4 rings (SSSR count). The summed E-state index contributed by atoms with van der Waals surface area (Å²) in [5.41, 5.74) is 2.90. The van der Waals surface area contributed by atoms with Crippen molar-refractivity contribution in [1.82, 2.24) is 9.97 Å². The topological polar surface area (TPSA) is 107 Å². The van der Waals surface area contributed by atoms with E-state index in [1.54, 1.807) is 60.7 Å². The van der Waals surface area contributed by atoms with E-state index < -0.39 is 0 Å². The van der Waals surface area contributed by atoms with E-state index in [-0.39, 0.29) is 77.3 Å². The van der Waals surface area contributed by atoms with Gasteiger partial charge in [0.1, 0.15) is 0 Å². The zero-order valence-corrected chi connectivity index (χ0v) is 19.6. The third-order valence-electron chi connectivity index (χ3n) is 4.34. The van der Waals surface area contributed by atoms with Gasteiger partial charge in [-0.15, -0.1) is 0 Å². The molecule has 0 saturated carbocycles. The van der Waals surface area contributed by atoms with Crippen LogP contribution in [0.5, 0.6) is 23.0 Å². The zero-order valence-electron chi connectivity index (χ0n) is 16.1. The Hall–Kier alpha value is -2.67. The minimum atomic E-state index is -0.237. The fourth-order valence-corrected chi connectivity index (χ4v) is 2.93. The van der Waals surface area contributed by atoms with E-state index in [4.69, 9.17) is 0 Å². The standard InChI is InChI=1S/C22H16N2O4.3ClH.Mn/c25-19-11-1-5-13(21(19)27)15-7-3-9-17(23-15)18-10-4-8-16(24-18)14-6-2-12-20(26)22(14)28;;;;/h1-12,25-28H;3*1H;/q;;;;+3/p-3. The molecule has 0 aliphatic heterocycles. The normalized spacial score (nSPS) is 9.38. The van der Waals surface area contributed by atoms with Gasteiger partial charge in [-0.3, -0.25) is 0 Å². The van der Waals surface area contributed by atoms with Gasteiger partial charge in [-0.05, 0) is 48.5 Å². The van der Waals surface area contributed by atoms with Crippen LogP contribution in [-0.4, -0.2) is 30.4 Å². The number of rotatable bonds is 3. The van der Waals surface area contributed by atoms with E-state index in [1.165, 1.54) is 12.1 Å². The Morgan fingerprint density at radius 3 is 1.12 bits per heavy atom. The number of hydrogen-bond donors (Lipinski definition) is 4. The van der Waals surface area contributed by atoms with Crippen LogP contribution in [0.4, 0.5) is 0 Å². The molecule has 0 radical (unpaired) electrons. The SMILES string of the molecule is Oc1cccc(-c2cccc(-c3cccc(-c4cccc(O)c4O)n3)n2)c1O.[Cl-].[Cl-].[Cl-].[Mn+3]. The first-order valence-electron chi connectivity index (χ1n) is 8.51. The van der Waals surface area contributed by atoms with E-state index in [0.29, 0.717) is 33.9 Å². The summed E-state index contributed by atoms with van der Waals surface area (Å²) in [7, 11) is 0. The smallest absolute Gasteiger partial charge is 1.00 e. The van der Waals surface area contributed by atoms with Crippen LogP contribution in [0.25, 0.3) is 33.9 Å². The summed E-state index contributed by atoms with van der Waals surface area (Å²) >= 11 is 0. The van der Waals surface area contributed by atoms with Crippen molar-refractivity contribution < 1.29 is 74.7 Å². The number of hydrogen-bond acceptors (Lipinski definition) is 6. The fraction of sp³-hybridized carbons (Fsp3) is 0. The second-order valence-corrected chi connectivity index (χ2v) is 6.16. The van der Waals surface area contributed by atoms with E-state index in [9.17, 15) is 20.4 Å². The average Bonchev–Trinajstić information content (AvgIpc) is 2.72. The van der Waals surface area contributed by atoms with Crippen molar-refractivity contribution in [1.29, 1.82) is 0 Å². The second kappa shape index (κ2) is 12.4. The summed E-state index contributed by atoms with van der Waals surface area (Å²) in [6.45, 7) is 0. The Morgan fingerprint density at radius 1 is 0.438 bits per heavy atom. The number of benzene rings is 2. The maximum Gasteiger partial charge on any atom is 3.00 e. The third kappa shape index (κ3) is 5.76. The minimum Gasteiger partial charge on any atom is -1.00 e. The molecule has 2 aromatic heterocycles. The number of aromatic nitrogens is 2. The molecule has 0 bridgehead atoms. The summed E-state index contributed by atoms with van der Waals surface area (Å²) in [6.07, 6.45) is 0. The van der Waals surface area contributed by atoms with Crippen molar-refractivity contribution in [2.75, 3.05) is 0 Å². The molecule has 0 aliphatic carbocycles. The molecule has 0 spiro atoms. The van der Waals surface area contributed by atoms with Gasteiger partial charge in [-0.25, -0.2) is 9.97 Å².